The second-order valence-corrected chi connectivity index (χ2v) is 8.78. The lowest BCUT2D eigenvalue weighted by atomic mass is 10.1. The van der Waals surface area contributed by atoms with Gasteiger partial charge in [-0.25, -0.2) is 0 Å². The Morgan fingerprint density at radius 1 is 0.969 bits per heavy atom. The first-order chi connectivity index (χ1) is 15.7. The molecule has 0 fully saturated rings. The lowest BCUT2D eigenvalue weighted by Gasteiger charge is -2.13. The number of aliphatic hydroxyl groups is 2. The number of hydrogen-bond donors (Lipinski definition) is 5. The number of anilines is 2. The van der Waals surface area contributed by atoms with Crippen LogP contribution in [0.2, 0.25) is 0 Å². The maximum absolute atomic E-state index is 9.18. The highest BCUT2D eigenvalue weighted by molar-refractivity contribution is 7.22. The highest BCUT2D eigenvalue weighted by Crippen LogP contribution is 2.37. The summed E-state index contributed by atoms with van der Waals surface area (Å²) in [6.07, 6.45) is 3.78. The molecule has 6 nitrogen and oxygen atoms in total. The molecule has 0 atom stereocenters. The number of aliphatic hydroxyl groups excluding tert-OH is 2. The van der Waals surface area contributed by atoms with E-state index in [-0.39, 0.29) is 19.3 Å². The van der Waals surface area contributed by atoms with Gasteiger partial charge in [0.1, 0.15) is 0 Å². The number of nitrogens with one attached hydrogen (secondary N) is 3. The van der Waals surface area contributed by atoms with Crippen molar-refractivity contribution in [2.75, 3.05) is 18.5 Å². The molecule has 0 unspecified atom stereocenters. The van der Waals surface area contributed by atoms with Gasteiger partial charge in [0.2, 0.25) is 0 Å². The number of fused-ring (bicyclic) bond motifs is 2. The van der Waals surface area contributed by atoms with E-state index >= 15 is 0 Å². The number of benzene rings is 2. The first-order valence-corrected chi connectivity index (χ1v) is 11.3. The van der Waals surface area contributed by atoms with E-state index in [1.54, 1.807) is 11.3 Å². The topological polar surface area (TPSA) is 93.2 Å². The fourth-order valence-corrected chi connectivity index (χ4v) is 4.79. The number of H-pyrrole nitrogens is 1. The zero-order valence-corrected chi connectivity index (χ0v) is 18.2. The van der Waals surface area contributed by atoms with Gasteiger partial charge in [0, 0.05) is 40.4 Å². The summed E-state index contributed by atoms with van der Waals surface area (Å²) in [6, 6.07) is 20.5. The molecule has 0 saturated heterocycles. The van der Waals surface area contributed by atoms with Crippen LogP contribution in [-0.2, 0) is 6.54 Å². The maximum atomic E-state index is 9.18. The van der Waals surface area contributed by atoms with E-state index in [1.807, 2.05) is 18.5 Å². The molecule has 0 amide bonds. The van der Waals surface area contributed by atoms with Crippen LogP contribution in [0.15, 0.2) is 73.1 Å². The molecule has 2 aromatic carbocycles. The van der Waals surface area contributed by atoms with E-state index in [0.717, 1.165) is 43.1 Å². The van der Waals surface area contributed by atoms with Gasteiger partial charge in [0.05, 0.1) is 35.2 Å². The van der Waals surface area contributed by atoms with Crippen molar-refractivity contribution in [1.82, 2.24) is 15.3 Å². The summed E-state index contributed by atoms with van der Waals surface area (Å²) in [7, 11) is 0. The van der Waals surface area contributed by atoms with Crippen molar-refractivity contribution in [2.24, 2.45) is 0 Å². The van der Waals surface area contributed by atoms with E-state index in [0.29, 0.717) is 6.54 Å². The summed E-state index contributed by atoms with van der Waals surface area (Å²) >= 11 is 1.72. The SMILES string of the molecule is OCC(CO)NCc1ccc(-c2cc3nccc(Nc4ccc5[nH]ccc5c4)c3s2)cc1. The summed E-state index contributed by atoms with van der Waals surface area (Å²) in [5.74, 6) is 0. The van der Waals surface area contributed by atoms with Crippen LogP contribution in [0.3, 0.4) is 0 Å². The van der Waals surface area contributed by atoms with Crippen LogP contribution in [0.25, 0.3) is 31.6 Å². The van der Waals surface area contributed by atoms with Gasteiger partial charge < -0.3 is 25.8 Å². The zero-order valence-electron chi connectivity index (χ0n) is 17.4. The van der Waals surface area contributed by atoms with Crippen molar-refractivity contribution < 1.29 is 10.2 Å². The van der Waals surface area contributed by atoms with Crippen LogP contribution in [-0.4, -0.2) is 39.4 Å². The molecule has 7 heteroatoms. The number of hydrogen-bond acceptors (Lipinski definition) is 6. The molecule has 0 radical (unpaired) electrons. The van der Waals surface area contributed by atoms with Crippen molar-refractivity contribution in [3.05, 3.63) is 78.6 Å². The van der Waals surface area contributed by atoms with Crippen LogP contribution in [0.5, 0.6) is 0 Å². The minimum Gasteiger partial charge on any atom is -0.395 e. The molecule has 0 aliphatic heterocycles. The molecule has 0 bridgehead atoms. The number of aromatic amines is 1. The van der Waals surface area contributed by atoms with Crippen molar-refractivity contribution >= 4 is 43.8 Å². The van der Waals surface area contributed by atoms with Crippen LogP contribution < -0.4 is 10.6 Å². The van der Waals surface area contributed by atoms with Crippen LogP contribution in [0, 0.1) is 0 Å². The Balaban J connectivity index is 1.37. The quantitative estimate of drug-likeness (QED) is 0.241. The Morgan fingerprint density at radius 3 is 2.62 bits per heavy atom. The van der Waals surface area contributed by atoms with Crippen LogP contribution >= 0.6 is 11.3 Å². The predicted octanol–water partition coefficient (Wildman–Crippen LogP) is 4.63. The fraction of sp³-hybridized carbons (Fsp3) is 0.160. The molecule has 0 spiro atoms. The molecule has 162 valence electrons. The molecule has 5 rings (SSSR count). The van der Waals surface area contributed by atoms with Crippen molar-refractivity contribution in [3.63, 3.8) is 0 Å². The lowest BCUT2D eigenvalue weighted by molar-refractivity contribution is 0.170. The average molecular weight is 445 g/mol. The molecule has 0 aliphatic rings. The van der Waals surface area contributed by atoms with E-state index < -0.39 is 0 Å². The average Bonchev–Trinajstić information content (AvgIpc) is 3.47. The summed E-state index contributed by atoms with van der Waals surface area (Å²) < 4.78 is 1.12. The standard InChI is InChI=1S/C25H24N4O2S/c30-14-20(15-31)28-13-16-1-3-17(4-2-16)24-12-23-25(32-24)22(8-10-27-23)29-19-5-6-21-18(11-19)7-9-26-21/h1-12,20,26,28,30-31H,13-15H2,(H,27,29). The maximum Gasteiger partial charge on any atom is 0.0837 e. The fourth-order valence-electron chi connectivity index (χ4n) is 3.70. The van der Waals surface area contributed by atoms with Crippen molar-refractivity contribution in [1.29, 1.82) is 0 Å². The molecular formula is C25H24N4O2S. The Morgan fingerprint density at radius 2 is 1.81 bits per heavy atom. The van der Waals surface area contributed by atoms with Gasteiger partial charge >= 0.3 is 0 Å². The van der Waals surface area contributed by atoms with E-state index in [4.69, 9.17) is 0 Å². The summed E-state index contributed by atoms with van der Waals surface area (Å²) in [4.78, 5) is 8.95. The Labute approximate surface area is 189 Å². The van der Waals surface area contributed by atoms with Gasteiger partial charge in [-0.3, -0.25) is 4.98 Å². The number of thiophene rings is 1. The molecule has 0 aliphatic carbocycles. The van der Waals surface area contributed by atoms with Crippen LogP contribution in [0.4, 0.5) is 11.4 Å². The molecule has 5 aromatic rings. The minimum absolute atomic E-state index is 0.0845. The highest BCUT2D eigenvalue weighted by Gasteiger charge is 2.11. The first-order valence-electron chi connectivity index (χ1n) is 10.5. The first kappa shape index (κ1) is 20.7. The second kappa shape index (κ2) is 9.10. The third kappa shape index (κ3) is 4.24. The van der Waals surface area contributed by atoms with Gasteiger partial charge in [0.15, 0.2) is 0 Å². The molecule has 3 aromatic heterocycles. The second-order valence-electron chi connectivity index (χ2n) is 7.73. The number of pyridine rings is 1. The monoisotopic (exact) mass is 444 g/mol. The minimum atomic E-state index is -0.299. The summed E-state index contributed by atoms with van der Waals surface area (Å²) in [5, 5.41) is 26.2. The Bertz CT molecular complexity index is 1340. The van der Waals surface area contributed by atoms with E-state index in [9.17, 15) is 10.2 Å². The Kier molecular flexibility index (Phi) is 5.87. The third-order valence-electron chi connectivity index (χ3n) is 5.52. The summed E-state index contributed by atoms with van der Waals surface area (Å²) in [6.45, 7) is 0.428. The molecule has 3 heterocycles. The van der Waals surface area contributed by atoms with Gasteiger partial charge in [-0.05, 0) is 47.5 Å². The number of aromatic nitrogens is 2. The third-order valence-corrected chi connectivity index (χ3v) is 6.72. The van der Waals surface area contributed by atoms with Crippen molar-refractivity contribution in [2.45, 2.75) is 12.6 Å². The predicted molar refractivity (Wildman–Crippen MR) is 131 cm³/mol. The van der Waals surface area contributed by atoms with Gasteiger partial charge in [-0.1, -0.05) is 24.3 Å². The van der Waals surface area contributed by atoms with Crippen LogP contribution in [0.1, 0.15) is 5.56 Å². The zero-order chi connectivity index (χ0) is 21.9. The van der Waals surface area contributed by atoms with Gasteiger partial charge in [-0.2, -0.15) is 0 Å². The summed E-state index contributed by atoms with van der Waals surface area (Å²) in [5.41, 5.74) is 6.41. The molecule has 32 heavy (non-hydrogen) atoms. The molecule has 0 saturated carbocycles. The van der Waals surface area contributed by atoms with Crippen molar-refractivity contribution in [3.8, 4) is 10.4 Å². The smallest absolute Gasteiger partial charge is 0.0837 e. The van der Waals surface area contributed by atoms with E-state index in [1.165, 1.54) is 5.39 Å². The lowest BCUT2D eigenvalue weighted by Crippen LogP contribution is -2.35. The number of rotatable bonds is 8. The Hall–Kier alpha value is -3.23. The van der Waals surface area contributed by atoms with E-state index in [2.05, 4.69) is 75.2 Å². The van der Waals surface area contributed by atoms with Gasteiger partial charge in [-0.15, -0.1) is 11.3 Å². The normalized spacial score (nSPS) is 11.6. The molecular weight excluding hydrogens is 420 g/mol. The van der Waals surface area contributed by atoms with Gasteiger partial charge in [0.25, 0.3) is 0 Å². The highest BCUT2D eigenvalue weighted by atomic mass is 32.1. The molecule has 5 N–H and O–H groups in total. The number of nitrogens with zero attached hydrogens (tertiary/aromatic N) is 1. The largest absolute Gasteiger partial charge is 0.395 e.